The smallest absolute Gasteiger partial charge is 0.222 e. The number of benzene rings is 2. The maximum absolute atomic E-state index is 11.6. The van der Waals surface area contributed by atoms with Crippen LogP contribution in [-0.2, 0) is 4.79 Å². The number of fused-ring (bicyclic) bond motifs is 1. The molecule has 2 aromatic carbocycles. The van der Waals surface area contributed by atoms with Crippen LogP contribution in [0, 0.1) is 5.92 Å². The summed E-state index contributed by atoms with van der Waals surface area (Å²) in [4.78, 5) is 16.1. The number of carbonyl (C=O) groups excluding carboxylic acids is 1. The SMILES string of the molecule is CCNC(=NCCNC(=O)C(C)C)NC(C)c1ccc2ccccc2c1.I. The van der Waals surface area contributed by atoms with Gasteiger partial charge in [-0.1, -0.05) is 50.2 Å². The Morgan fingerprint density at radius 2 is 1.74 bits per heavy atom. The molecule has 1 atom stereocenters. The molecule has 0 saturated heterocycles. The van der Waals surface area contributed by atoms with Gasteiger partial charge >= 0.3 is 0 Å². The molecule has 0 fully saturated rings. The number of nitrogens with zero attached hydrogens (tertiary/aromatic N) is 1. The molecule has 3 N–H and O–H groups in total. The lowest BCUT2D eigenvalue weighted by atomic mass is 10.0. The number of halogens is 1. The molecule has 148 valence electrons. The zero-order valence-electron chi connectivity index (χ0n) is 16.6. The quantitative estimate of drug-likeness (QED) is 0.243. The fourth-order valence-electron chi connectivity index (χ4n) is 2.64. The van der Waals surface area contributed by atoms with Crippen molar-refractivity contribution in [2.45, 2.75) is 33.7 Å². The van der Waals surface area contributed by atoms with Crippen LogP contribution in [0.2, 0.25) is 0 Å². The summed E-state index contributed by atoms with van der Waals surface area (Å²) < 4.78 is 0. The lowest BCUT2D eigenvalue weighted by Crippen LogP contribution is -2.39. The van der Waals surface area contributed by atoms with Crippen LogP contribution in [0.1, 0.15) is 39.3 Å². The summed E-state index contributed by atoms with van der Waals surface area (Å²) >= 11 is 0. The predicted molar refractivity (Wildman–Crippen MR) is 125 cm³/mol. The second kappa shape index (κ2) is 11.8. The van der Waals surface area contributed by atoms with E-state index in [2.05, 4.69) is 70.3 Å². The first-order valence-corrected chi connectivity index (χ1v) is 9.32. The first-order valence-electron chi connectivity index (χ1n) is 9.32. The normalized spacial score (nSPS) is 12.4. The summed E-state index contributed by atoms with van der Waals surface area (Å²) in [6.07, 6.45) is 0. The summed E-state index contributed by atoms with van der Waals surface area (Å²) in [5.41, 5.74) is 1.21. The molecule has 0 spiro atoms. The number of guanidine groups is 1. The van der Waals surface area contributed by atoms with E-state index in [1.165, 1.54) is 16.3 Å². The number of hydrogen-bond acceptors (Lipinski definition) is 2. The van der Waals surface area contributed by atoms with E-state index in [0.29, 0.717) is 13.1 Å². The van der Waals surface area contributed by atoms with Crippen LogP contribution in [0.3, 0.4) is 0 Å². The monoisotopic (exact) mass is 482 g/mol. The highest BCUT2D eigenvalue weighted by Crippen LogP contribution is 2.20. The third-order valence-corrected chi connectivity index (χ3v) is 4.18. The van der Waals surface area contributed by atoms with E-state index < -0.39 is 0 Å². The van der Waals surface area contributed by atoms with Gasteiger partial charge in [0.25, 0.3) is 0 Å². The van der Waals surface area contributed by atoms with Gasteiger partial charge in [-0.2, -0.15) is 0 Å². The summed E-state index contributed by atoms with van der Waals surface area (Å²) in [5.74, 6) is 0.813. The third kappa shape index (κ3) is 7.36. The van der Waals surface area contributed by atoms with Crippen molar-refractivity contribution >= 4 is 46.6 Å². The van der Waals surface area contributed by atoms with Crippen molar-refractivity contribution in [2.75, 3.05) is 19.6 Å². The molecule has 0 aliphatic rings. The Balaban J connectivity index is 0.00000364. The van der Waals surface area contributed by atoms with Gasteiger partial charge in [0.1, 0.15) is 0 Å². The molecule has 0 bridgehead atoms. The van der Waals surface area contributed by atoms with Gasteiger partial charge in [-0.15, -0.1) is 24.0 Å². The molecule has 0 heterocycles. The van der Waals surface area contributed by atoms with Crippen molar-refractivity contribution in [3.8, 4) is 0 Å². The lowest BCUT2D eigenvalue weighted by molar-refractivity contribution is -0.123. The third-order valence-electron chi connectivity index (χ3n) is 4.18. The van der Waals surface area contributed by atoms with Gasteiger partial charge in [0.05, 0.1) is 12.6 Å². The van der Waals surface area contributed by atoms with Crippen molar-refractivity contribution < 1.29 is 4.79 Å². The predicted octanol–water partition coefficient (Wildman–Crippen LogP) is 3.85. The Kier molecular flexibility index (Phi) is 10.1. The van der Waals surface area contributed by atoms with E-state index in [-0.39, 0.29) is 41.8 Å². The molecule has 6 heteroatoms. The lowest BCUT2D eigenvalue weighted by Gasteiger charge is -2.19. The van der Waals surface area contributed by atoms with Crippen LogP contribution in [0.4, 0.5) is 0 Å². The van der Waals surface area contributed by atoms with E-state index in [4.69, 9.17) is 0 Å². The molecule has 0 saturated carbocycles. The Bertz CT molecular complexity index is 761. The molecule has 0 aliphatic carbocycles. The molecule has 2 rings (SSSR count). The first-order chi connectivity index (χ1) is 12.5. The van der Waals surface area contributed by atoms with Crippen molar-refractivity contribution in [1.82, 2.24) is 16.0 Å². The molecular formula is C21H31IN4O. The van der Waals surface area contributed by atoms with Gasteiger partial charge in [-0.25, -0.2) is 0 Å². The number of rotatable bonds is 7. The summed E-state index contributed by atoms with van der Waals surface area (Å²) in [6.45, 7) is 9.80. The highest BCUT2D eigenvalue weighted by atomic mass is 127. The fraction of sp³-hybridized carbons (Fsp3) is 0.429. The highest BCUT2D eigenvalue weighted by Gasteiger charge is 2.09. The second-order valence-corrected chi connectivity index (χ2v) is 6.68. The Labute approximate surface area is 179 Å². The number of nitrogens with one attached hydrogen (secondary N) is 3. The molecule has 0 aliphatic heterocycles. The number of aliphatic imine (C=N–C) groups is 1. The standard InChI is InChI=1S/C21H30N4O.HI/c1-5-22-21(24-13-12-23-20(26)15(2)3)25-16(4)18-11-10-17-8-6-7-9-19(17)14-18;/h6-11,14-16H,5,12-13H2,1-4H3,(H,23,26)(H2,22,24,25);1H. The van der Waals surface area contributed by atoms with Crippen LogP contribution >= 0.6 is 24.0 Å². The summed E-state index contributed by atoms with van der Waals surface area (Å²) in [7, 11) is 0. The van der Waals surface area contributed by atoms with Crippen LogP contribution in [0.25, 0.3) is 10.8 Å². The molecule has 1 unspecified atom stereocenters. The number of carbonyl (C=O) groups is 1. The van der Waals surface area contributed by atoms with E-state index in [9.17, 15) is 4.79 Å². The highest BCUT2D eigenvalue weighted by molar-refractivity contribution is 14.0. The average Bonchev–Trinajstić information content (AvgIpc) is 2.64. The van der Waals surface area contributed by atoms with Gasteiger partial charge < -0.3 is 16.0 Å². The molecule has 5 nitrogen and oxygen atoms in total. The Hall–Kier alpha value is -1.83. The Morgan fingerprint density at radius 3 is 2.41 bits per heavy atom. The van der Waals surface area contributed by atoms with E-state index in [0.717, 1.165) is 12.5 Å². The van der Waals surface area contributed by atoms with E-state index in [1.54, 1.807) is 0 Å². The average molecular weight is 482 g/mol. The van der Waals surface area contributed by atoms with Crippen molar-refractivity contribution in [1.29, 1.82) is 0 Å². The number of hydrogen-bond donors (Lipinski definition) is 3. The largest absolute Gasteiger partial charge is 0.357 e. The van der Waals surface area contributed by atoms with Crippen molar-refractivity contribution in [2.24, 2.45) is 10.9 Å². The summed E-state index contributed by atoms with van der Waals surface area (Å²) in [5, 5.41) is 12.1. The molecule has 2 aromatic rings. The first kappa shape index (κ1) is 23.2. The van der Waals surface area contributed by atoms with Gasteiger partial charge in [-0.05, 0) is 36.2 Å². The molecule has 1 amide bonds. The zero-order valence-corrected chi connectivity index (χ0v) is 18.9. The van der Waals surface area contributed by atoms with Crippen molar-refractivity contribution in [3.63, 3.8) is 0 Å². The van der Waals surface area contributed by atoms with Crippen LogP contribution < -0.4 is 16.0 Å². The molecular weight excluding hydrogens is 451 g/mol. The Morgan fingerprint density at radius 1 is 1.04 bits per heavy atom. The second-order valence-electron chi connectivity index (χ2n) is 6.68. The minimum Gasteiger partial charge on any atom is -0.357 e. The minimum absolute atomic E-state index is 0. The number of amides is 1. The van der Waals surface area contributed by atoms with Crippen LogP contribution in [-0.4, -0.2) is 31.5 Å². The maximum atomic E-state index is 11.6. The molecule has 0 radical (unpaired) electrons. The minimum atomic E-state index is -0.00160. The van der Waals surface area contributed by atoms with Gasteiger partial charge in [0.15, 0.2) is 5.96 Å². The van der Waals surface area contributed by atoms with Crippen LogP contribution in [0.15, 0.2) is 47.5 Å². The van der Waals surface area contributed by atoms with E-state index in [1.807, 2.05) is 20.8 Å². The van der Waals surface area contributed by atoms with Gasteiger partial charge in [-0.3, -0.25) is 9.79 Å². The van der Waals surface area contributed by atoms with Crippen LogP contribution in [0.5, 0.6) is 0 Å². The van der Waals surface area contributed by atoms with E-state index >= 15 is 0 Å². The molecule has 0 aromatic heterocycles. The van der Waals surface area contributed by atoms with Gasteiger partial charge in [0.2, 0.25) is 5.91 Å². The maximum Gasteiger partial charge on any atom is 0.222 e. The van der Waals surface area contributed by atoms with Gasteiger partial charge in [0, 0.05) is 19.0 Å². The van der Waals surface area contributed by atoms with Crippen molar-refractivity contribution in [3.05, 3.63) is 48.0 Å². The zero-order chi connectivity index (χ0) is 18.9. The topological polar surface area (TPSA) is 65.5 Å². The summed E-state index contributed by atoms with van der Waals surface area (Å²) in [6, 6.07) is 15.0. The fourth-order valence-corrected chi connectivity index (χ4v) is 2.64. The molecule has 27 heavy (non-hydrogen) atoms.